The first-order valence-corrected chi connectivity index (χ1v) is 6.85. The van der Waals surface area contributed by atoms with Crippen LogP contribution in [0, 0.1) is 0 Å². The Morgan fingerprint density at radius 3 is 1.92 bits per heavy atom. The third kappa shape index (κ3) is 6.56. The molecule has 0 fully saturated rings. The van der Waals surface area contributed by atoms with Crippen LogP contribution in [0.15, 0.2) is 0 Å². The quantitative estimate of drug-likeness (QED) is 0.637. The van der Waals surface area contributed by atoms with Crippen molar-refractivity contribution in [2.45, 2.75) is 13.3 Å². The van der Waals surface area contributed by atoms with E-state index >= 15 is 0 Å². The number of hydrogen-bond donors (Lipinski definition) is 1. The average molecular weight is 216 g/mol. The summed E-state index contributed by atoms with van der Waals surface area (Å²) < 4.78 is 50.2. The SMILES string of the molecule is CCS(=O)(=O)CCCS(=O)(=O)O. The predicted octanol–water partition coefficient (Wildman–Crippen LogP) is -0.301. The van der Waals surface area contributed by atoms with E-state index in [0.717, 1.165) is 0 Å². The van der Waals surface area contributed by atoms with E-state index in [-0.39, 0.29) is 17.9 Å². The molecule has 0 saturated carbocycles. The van der Waals surface area contributed by atoms with Gasteiger partial charge in [-0.2, -0.15) is 8.42 Å². The van der Waals surface area contributed by atoms with Crippen molar-refractivity contribution < 1.29 is 21.4 Å². The molecule has 0 aromatic carbocycles. The van der Waals surface area contributed by atoms with Gasteiger partial charge < -0.3 is 0 Å². The number of rotatable bonds is 5. The van der Waals surface area contributed by atoms with E-state index < -0.39 is 25.7 Å². The fourth-order valence-corrected chi connectivity index (χ4v) is 2.17. The molecule has 74 valence electrons. The van der Waals surface area contributed by atoms with E-state index in [1.165, 1.54) is 6.92 Å². The van der Waals surface area contributed by atoms with Gasteiger partial charge in [0.1, 0.15) is 9.84 Å². The molecule has 0 aliphatic carbocycles. The van der Waals surface area contributed by atoms with Crippen molar-refractivity contribution in [2.24, 2.45) is 0 Å². The average Bonchev–Trinajstić information content (AvgIpc) is 1.84. The van der Waals surface area contributed by atoms with Crippen molar-refractivity contribution in [3.63, 3.8) is 0 Å². The molecule has 0 bridgehead atoms. The summed E-state index contributed by atoms with van der Waals surface area (Å²) in [6.45, 7) is 1.49. The Morgan fingerprint density at radius 2 is 1.58 bits per heavy atom. The van der Waals surface area contributed by atoms with Crippen LogP contribution in [0.5, 0.6) is 0 Å². The third-order valence-corrected chi connectivity index (χ3v) is 3.89. The molecule has 7 heteroatoms. The first-order chi connectivity index (χ1) is 5.27. The van der Waals surface area contributed by atoms with Crippen molar-refractivity contribution in [3.8, 4) is 0 Å². The van der Waals surface area contributed by atoms with Gasteiger partial charge in [-0.25, -0.2) is 8.42 Å². The second-order valence-electron chi connectivity index (χ2n) is 2.38. The number of hydrogen-bond acceptors (Lipinski definition) is 4. The summed E-state index contributed by atoms with van der Waals surface area (Å²) in [5, 5.41) is 0. The molecular formula is C5H12O5S2. The standard InChI is InChI=1S/C5H12O5S2/c1-2-11(6,7)4-3-5-12(8,9)10/h2-5H2,1H3,(H,8,9,10). The largest absolute Gasteiger partial charge is 0.286 e. The van der Waals surface area contributed by atoms with Gasteiger partial charge in [-0.3, -0.25) is 4.55 Å². The topological polar surface area (TPSA) is 88.5 Å². The summed E-state index contributed by atoms with van der Waals surface area (Å²) in [5.41, 5.74) is 0. The molecule has 0 aromatic heterocycles. The molecule has 1 N–H and O–H groups in total. The van der Waals surface area contributed by atoms with Gasteiger partial charge >= 0.3 is 0 Å². The smallest absolute Gasteiger partial charge is 0.264 e. The van der Waals surface area contributed by atoms with Crippen LogP contribution in [0.2, 0.25) is 0 Å². The fourth-order valence-electron chi connectivity index (χ4n) is 0.606. The maximum absolute atomic E-state index is 10.8. The molecule has 0 aromatic rings. The molecular weight excluding hydrogens is 204 g/mol. The summed E-state index contributed by atoms with van der Waals surface area (Å²) in [7, 11) is -7.14. The Hall–Kier alpha value is -0.140. The minimum absolute atomic E-state index is 0.00151. The predicted molar refractivity (Wildman–Crippen MR) is 45.4 cm³/mol. The minimum Gasteiger partial charge on any atom is -0.286 e. The van der Waals surface area contributed by atoms with Crippen molar-refractivity contribution in [1.82, 2.24) is 0 Å². The first-order valence-electron chi connectivity index (χ1n) is 3.42. The van der Waals surface area contributed by atoms with Crippen molar-refractivity contribution in [1.29, 1.82) is 0 Å². The highest BCUT2D eigenvalue weighted by Gasteiger charge is 2.10. The van der Waals surface area contributed by atoms with Crippen LogP contribution in [-0.2, 0) is 20.0 Å². The van der Waals surface area contributed by atoms with Gasteiger partial charge in [-0.05, 0) is 6.42 Å². The molecule has 0 atom stereocenters. The molecule has 0 amide bonds. The Bertz CT molecular complexity index is 312. The van der Waals surface area contributed by atoms with Crippen LogP contribution < -0.4 is 0 Å². The van der Waals surface area contributed by atoms with Crippen LogP contribution in [0.25, 0.3) is 0 Å². The van der Waals surface area contributed by atoms with E-state index in [0.29, 0.717) is 0 Å². The maximum Gasteiger partial charge on any atom is 0.264 e. The summed E-state index contributed by atoms with van der Waals surface area (Å²) in [6.07, 6.45) is -0.0466. The van der Waals surface area contributed by atoms with Crippen LogP contribution in [0.4, 0.5) is 0 Å². The van der Waals surface area contributed by atoms with Gasteiger partial charge in [0, 0.05) is 5.75 Å². The van der Waals surface area contributed by atoms with E-state index in [1.807, 2.05) is 0 Å². The highest BCUT2D eigenvalue weighted by Crippen LogP contribution is 1.95. The lowest BCUT2D eigenvalue weighted by molar-refractivity contribution is 0.482. The summed E-state index contributed by atoms with van der Waals surface area (Å²) >= 11 is 0. The molecule has 0 spiro atoms. The van der Waals surface area contributed by atoms with Crippen molar-refractivity contribution >= 4 is 20.0 Å². The van der Waals surface area contributed by atoms with E-state index in [1.54, 1.807) is 0 Å². The third-order valence-electron chi connectivity index (χ3n) is 1.30. The van der Waals surface area contributed by atoms with Crippen molar-refractivity contribution in [2.75, 3.05) is 17.3 Å². The zero-order valence-corrected chi connectivity index (χ0v) is 8.36. The monoisotopic (exact) mass is 216 g/mol. The summed E-state index contributed by atoms with van der Waals surface area (Å²) in [5.74, 6) is -0.687. The fraction of sp³-hybridized carbons (Fsp3) is 1.00. The van der Waals surface area contributed by atoms with E-state index in [4.69, 9.17) is 4.55 Å². The first kappa shape index (κ1) is 11.9. The van der Waals surface area contributed by atoms with Gasteiger partial charge in [-0.1, -0.05) is 6.92 Å². The van der Waals surface area contributed by atoms with Gasteiger partial charge in [-0.15, -0.1) is 0 Å². The van der Waals surface area contributed by atoms with Crippen molar-refractivity contribution in [3.05, 3.63) is 0 Å². The highest BCUT2D eigenvalue weighted by molar-refractivity contribution is 7.91. The lowest BCUT2D eigenvalue weighted by Gasteiger charge is -1.98. The lowest BCUT2D eigenvalue weighted by atomic mass is 10.6. The van der Waals surface area contributed by atoms with Crippen LogP contribution in [-0.4, -0.2) is 38.6 Å². The second-order valence-corrected chi connectivity index (χ2v) is 6.42. The number of sulfone groups is 1. The normalized spacial score (nSPS) is 13.2. The van der Waals surface area contributed by atoms with Crippen LogP contribution in [0.3, 0.4) is 0 Å². The van der Waals surface area contributed by atoms with Gasteiger partial charge in [0.2, 0.25) is 0 Å². The highest BCUT2D eigenvalue weighted by atomic mass is 32.2. The lowest BCUT2D eigenvalue weighted by Crippen LogP contribution is -2.13. The summed E-state index contributed by atoms with van der Waals surface area (Å²) in [4.78, 5) is 0. The molecule has 0 saturated heterocycles. The molecule has 5 nitrogen and oxygen atoms in total. The molecule has 0 aliphatic rings. The van der Waals surface area contributed by atoms with Crippen LogP contribution >= 0.6 is 0 Å². The van der Waals surface area contributed by atoms with Gasteiger partial charge in [0.25, 0.3) is 10.1 Å². The zero-order valence-electron chi connectivity index (χ0n) is 6.73. The second kappa shape index (κ2) is 4.20. The maximum atomic E-state index is 10.8. The zero-order chi connectivity index (χ0) is 9.83. The van der Waals surface area contributed by atoms with E-state index in [2.05, 4.69) is 0 Å². The molecule has 0 aliphatic heterocycles. The Kier molecular flexibility index (Phi) is 4.15. The van der Waals surface area contributed by atoms with Gasteiger partial charge in [0.05, 0.1) is 11.5 Å². The Balaban J connectivity index is 3.89. The molecule has 0 radical (unpaired) electrons. The van der Waals surface area contributed by atoms with Gasteiger partial charge in [0.15, 0.2) is 0 Å². The Morgan fingerprint density at radius 1 is 1.08 bits per heavy atom. The Labute approximate surface area is 72.5 Å². The molecule has 0 heterocycles. The molecule has 0 unspecified atom stereocenters. The summed E-state index contributed by atoms with van der Waals surface area (Å²) in [6, 6.07) is 0. The van der Waals surface area contributed by atoms with Crippen LogP contribution in [0.1, 0.15) is 13.3 Å². The minimum atomic E-state index is -4.02. The molecule has 0 rings (SSSR count). The van der Waals surface area contributed by atoms with E-state index in [9.17, 15) is 16.8 Å². The molecule has 12 heavy (non-hydrogen) atoms.